The Morgan fingerprint density at radius 2 is 2.20 bits per heavy atom. The second-order valence-corrected chi connectivity index (χ2v) is 5.79. The van der Waals surface area contributed by atoms with Crippen molar-refractivity contribution in [3.8, 4) is 0 Å². The highest BCUT2D eigenvalue weighted by molar-refractivity contribution is 6.31. The molecule has 5 heteroatoms. The van der Waals surface area contributed by atoms with Gasteiger partial charge in [0.1, 0.15) is 0 Å². The lowest BCUT2D eigenvalue weighted by atomic mass is 9.80. The Hall–Kier alpha value is -1.10. The molecule has 1 aliphatic carbocycles. The van der Waals surface area contributed by atoms with Crippen molar-refractivity contribution in [3.63, 3.8) is 0 Å². The third kappa shape index (κ3) is 3.72. The van der Waals surface area contributed by atoms with Gasteiger partial charge in [-0.1, -0.05) is 17.7 Å². The molecule has 20 heavy (non-hydrogen) atoms. The summed E-state index contributed by atoms with van der Waals surface area (Å²) in [5.41, 5.74) is 1.69. The molecule has 1 amide bonds. The van der Waals surface area contributed by atoms with Crippen LogP contribution in [0.1, 0.15) is 24.8 Å². The number of carbonyl (C=O) groups excluding carboxylic acids is 1. The molecule has 0 bridgehead atoms. The topological polar surface area (TPSA) is 50.4 Å². The first-order chi connectivity index (χ1) is 9.54. The molecule has 0 heterocycles. The molecule has 0 aliphatic heterocycles. The lowest BCUT2D eigenvalue weighted by Gasteiger charge is -2.40. The van der Waals surface area contributed by atoms with Gasteiger partial charge in [0.05, 0.1) is 12.1 Å². The number of rotatable bonds is 6. The number of halogens is 1. The van der Waals surface area contributed by atoms with E-state index in [0.717, 1.165) is 24.1 Å². The van der Waals surface area contributed by atoms with Gasteiger partial charge in [-0.15, -0.1) is 0 Å². The smallest absolute Gasteiger partial charge is 0.238 e. The van der Waals surface area contributed by atoms with Gasteiger partial charge in [0, 0.05) is 24.4 Å². The molecule has 1 aromatic carbocycles. The second-order valence-electron chi connectivity index (χ2n) is 5.35. The molecular weight excluding hydrogens is 276 g/mol. The molecule has 0 radical (unpaired) electrons. The lowest BCUT2D eigenvalue weighted by Crippen LogP contribution is -2.49. The number of anilines is 1. The highest BCUT2D eigenvalue weighted by atomic mass is 35.5. The van der Waals surface area contributed by atoms with Gasteiger partial charge in [-0.05, 0) is 43.9 Å². The zero-order valence-corrected chi connectivity index (χ0v) is 12.7. The molecule has 110 valence electrons. The van der Waals surface area contributed by atoms with Gasteiger partial charge in [0.2, 0.25) is 5.91 Å². The molecule has 0 spiro atoms. The van der Waals surface area contributed by atoms with E-state index in [1.165, 1.54) is 6.42 Å². The fourth-order valence-corrected chi connectivity index (χ4v) is 2.52. The number of hydrogen-bond donors (Lipinski definition) is 2. The number of aryl methyl sites for hydroxylation is 1. The van der Waals surface area contributed by atoms with Crippen LogP contribution in [0.15, 0.2) is 18.2 Å². The molecule has 0 aromatic heterocycles. The van der Waals surface area contributed by atoms with E-state index in [1.54, 1.807) is 13.2 Å². The minimum absolute atomic E-state index is 0.0632. The Morgan fingerprint density at radius 3 is 2.80 bits per heavy atom. The van der Waals surface area contributed by atoms with Crippen LogP contribution in [0.25, 0.3) is 0 Å². The van der Waals surface area contributed by atoms with Gasteiger partial charge in [-0.25, -0.2) is 0 Å². The maximum atomic E-state index is 11.9. The predicted molar refractivity (Wildman–Crippen MR) is 81.3 cm³/mol. The maximum Gasteiger partial charge on any atom is 0.238 e. The van der Waals surface area contributed by atoms with Crippen LogP contribution in [0.3, 0.4) is 0 Å². The third-order valence-electron chi connectivity index (χ3n) is 3.90. The molecule has 1 saturated carbocycles. The number of nitrogens with one attached hydrogen (secondary N) is 2. The van der Waals surface area contributed by atoms with Gasteiger partial charge in [0.25, 0.3) is 0 Å². The first-order valence-electron chi connectivity index (χ1n) is 6.86. The van der Waals surface area contributed by atoms with Crippen LogP contribution in [-0.2, 0) is 9.53 Å². The van der Waals surface area contributed by atoms with E-state index in [0.29, 0.717) is 11.6 Å². The largest absolute Gasteiger partial charge is 0.377 e. The van der Waals surface area contributed by atoms with Crippen molar-refractivity contribution < 1.29 is 9.53 Å². The van der Waals surface area contributed by atoms with Crippen molar-refractivity contribution in [2.75, 3.05) is 25.5 Å². The molecule has 0 unspecified atom stereocenters. The van der Waals surface area contributed by atoms with E-state index in [-0.39, 0.29) is 18.1 Å². The van der Waals surface area contributed by atoms with Gasteiger partial charge in [0.15, 0.2) is 0 Å². The summed E-state index contributed by atoms with van der Waals surface area (Å²) < 4.78 is 5.50. The Labute approximate surface area is 124 Å². The Bertz CT molecular complexity index is 481. The normalized spacial score (nSPS) is 16.6. The summed E-state index contributed by atoms with van der Waals surface area (Å²) in [4.78, 5) is 11.9. The number of amides is 1. The molecule has 1 aliphatic rings. The minimum atomic E-state index is -0.0686. The number of hydrogen-bond acceptors (Lipinski definition) is 3. The summed E-state index contributed by atoms with van der Waals surface area (Å²) in [7, 11) is 1.73. The summed E-state index contributed by atoms with van der Waals surface area (Å²) in [5.74, 6) is -0.0686. The Kier molecular flexibility index (Phi) is 5.02. The Balaban J connectivity index is 1.79. The van der Waals surface area contributed by atoms with E-state index >= 15 is 0 Å². The molecule has 2 rings (SSSR count). The highest BCUT2D eigenvalue weighted by Gasteiger charge is 2.36. The summed E-state index contributed by atoms with van der Waals surface area (Å²) >= 11 is 5.93. The number of benzene rings is 1. The summed E-state index contributed by atoms with van der Waals surface area (Å²) in [6, 6.07) is 5.46. The van der Waals surface area contributed by atoms with Crippen LogP contribution >= 0.6 is 11.6 Å². The number of carbonyl (C=O) groups is 1. The Morgan fingerprint density at radius 1 is 1.45 bits per heavy atom. The van der Waals surface area contributed by atoms with E-state index in [1.807, 2.05) is 19.1 Å². The standard InChI is InChI=1S/C15H21ClN2O2/c1-11-4-5-12(16)8-13(11)18-14(19)9-17-10-15(20-2)6-3-7-15/h4-5,8,17H,3,6-7,9-10H2,1-2H3,(H,18,19). The van der Waals surface area contributed by atoms with Crippen molar-refractivity contribution in [2.24, 2.45) is 0 Å². The first kappa shape index (κ1) is 15.3. The summed E-state index contributed by atoms with van der Waals surface area (Å²) in [6.07, 6.45) is 3.32. The molecule has 1 aromatic rings. The monoisotopic (exact) mass is 296 g/mol. The van der Waals surface area contributed by atoms with Gasteiger partial charge in [-0.3, -0.25) is 4.79 Å². The van der Waals surface area contributed by atoms with Crippen LogP contribution in [-0.4, -0.2) is 31.7 Å². The zero-order chi connectivity index (χ0) is 14.6. The zero-order valence-electron chi connectivity index (χ0n) is 12.0. The van der Waals surface area contributed by atoms with Crippen LogP contribution in [0.5, 0.6) is 0 Å². The summed E-state index contributed by atoms with van der Waals surface area (Å²) in [5, 5.41) is 6.65. The van der Waals surface area contributed by atoms with E-state index in [2.05, 4.69) is 10.6 Å². The molecule has 0 atom stereocenters. The van der Waals surface area contributed by atoms with Gasteiger partial charge in [-0.2, -0.15) is 0 Å². The summed E-state index contributed by atoms with van der Waals surface area (Å²) in [6.45, 7) is 2.93. The third-order valence-corrected chi connectivity index (χ3v) is 4.14. The average molecular weight is 297 g/mol. The van der Waals surface area contributed by atoms with Crippen molar-refractivity contribution in [1.29, 1.82) is 0 Å². The van der Waals surface area contributed by atoms with Crippen LogP contribution in [0, 0.1) is 6.92 Å². The van der Waals surface area contributed by atoms with Crippen molar-refractivity contribution in [2.45, 2.75) is 31.8 Å². The molecular formula is C15H21ClN2O2. The van der Waals surface area contributed by atoms with Crippen molar-refractivity contribution >= 4 is 23.2 Å². The molecule has 2 N–H and O–H groups in total. The molecule has 1 fully saturated rings. The van der Waals surface area contributed by atoms with E-state index in [9.17, 15) is 4.79 Å². The second kappa shape index (κ2) is 6.57. The fourth-order valence-electron chi connectivity index (χ4n) is 2.35. The fraction of sp³-hybridized carbons (Fsp3) is 0.533. The number of ether oxygens (including phenoxy) is 1. The van der Waals surface area contributed by atoms with Crippen LogP contribution in [0.2, 0.25) is 5.02 Å². The first-order valence-corrected chi connectivity index (χ1v) is 7.24. The minimum Gasteiger partial charge on any atom is -0.377 e. The average Bonchev–Trinajstić information content (AvgIpc) is 2.37. The van der Waals surface area contributed by atoms with Gasteiger partial charge < -0.3 is 15.4 Å². The molecule has 0 saturated heterocycles. The van der Waals surface area contributed by atoms with Gasteiger partial charge >= 0.3 is 0 Å². The number of methoxy groups -OCH3 is 1. The predicted octanol–water partition coefficient (Wildman–Crippen LogP) is 2.75. The lowest BCUT2D eigenvalue weighted by molar-refractivity contribution is -0.116. The molecule has 4 nitrogen and oxygen atoms in total. The highest BCUT2D eigenvalue weighted by Crippen LogP contribution is 2.34. The quantitative estimate of drug-likeness (QED) is 0.849. The maximum absolute atomic E-state index is 11.9. The van der Waals surface area contributed by atoms with Crippen LogP contribution in [0.4, 0.5) is 5.69 Å². The van der Waals surface area contributed by atoms with E-state index < -0.39 is 0 Å². The van der Waals surface area contributed by atoms with Crippen LogP contribution < -0.4 is 10.6 Å². The van der Waals surface area contributed by atoms with Crippen molar-refractivity contribution in [1.82, 2.24) is 5.32 Å². The SMILES string of the molecule is COC1(CNCC(=O)Nc2cc(Cl)ccc2C)CCC1. The van der Waals surface area contributed by atoms with E-state index in [4.69, 9.17) is 16.3 Å². The van der Waals surface area contributed by atoms with Crippen molar-refractivity contribution in [3.05, 3.63) is 28.8 Å².